The highest BCUT2D eigenvalue weighted by Crippen LogP contribution is 2.33. The number of carbonyl (C=O) groups excluding carboxylic acids is 3. The molecular formula is C15H25ClN4O3. The number of primary amides is 1. The van der Waals surface area contributed by atoms with Gasteiger partial charge in [0.2, 0.25) is 17.7 Å². The normalized spacial score (nSPS) is 33.5. The van der Waals surface area contributed by atoms with Crippen LogP contribution in [0.25, 0.3) is 0 Å². The van der Waals surface area contributed by atoms with Crippen LogP contribution in [0.2, 0.25) is 0 Å². The zero-order chi connectivity index (χ0) is 15.7. The number of halogens is 1. The summed E-state index contributed by atoms with van der Waals surface area (Å²) in [5.74, 6) is -0.692. The molecule has 3 heterocycles. The van der Waals surface area contributed by atoms with E-state index in [4.69, 9.17) is 5.73 Å². The van der Waals surface area contributed by atoms with Crippen LogP contribution in [0.5, 0.6) is 0 Å². The summed E-state index contributed by atoms with van der Waals surface area (Å²) in [7, 11) is 0. The number of nitrogens with two attached hydrogens (primary N) is 1. The SMILES string of the molecule is Cl.NC(=O)[C@H](C[C@@H]1CCNC1=O)NC(=O)[C@@H]1NC2CCC1CC2. The zero-order valence-corrected chi connectivity index (χ0v) is 13.9. The van der Waals surface area contributed by atoms with Crippen molar-refractivity contribution in [2.75, 3.05) is 6.54 Å². The Morgan fingerprint density at radius 2 is 1.91 bits per heavy atom. The second kappa shape index (κ2) is 7.49. The standard InChI is InChI=1S/C15H24N4O3.ClH/c16-13(20)11(7-9-5-6-17-14(9)21)19-15(22)12-8-1-3-10(18-12)4-2-8;/h8-12,18H,1-7H2,(H2,16,20)(H,17,21)(H,19,22);1H/t8?,9-,10?,11-,12+;/m0./s1. The van der Waals surface area contributed by atoms with E-state index in [9.17, 15) is 14.4 Å². The van der Waals surface area contributed by atoms with Crippen LogP contribution in [0.3, 0.4) is 0 Å². The average Bonchev–Trinajstić information content (AvgIpc) is 2.92. The van der Waals surface area contributed by atoms with Gasteiger partial charge in [-0.05, 0) is 44.4 Å². The molecule has 8 heteroatoms. The maximum Gasteiger partial charge on any atom is 0.240 e. The fraction of sp³-hybridized carbons (Fsp3) is 0.800. The van der Waals surface area contributed by atoms with Gasteiger partial charge in [-0.2, -0.15) is 0 Å². The van der Waals surface area contributed by atoms with Crippen LogP contribution < -0.4 is 21.7 Å². The molecule has 130 valence electrons. The second-order valence-corrected chi connectivity index (χ2v) is 6.73. The summed E-state index contributed by atoms with van der Waals surface area (Å²) in [6.07, 6.45) is 5.33. The summed E-state index contributed by atoms with van der Waals surface area (Å²) in [6, 6.07) is -0.594. The molecule has 4 rings (SSSR count). The first kappa shape index (κ1) is 18.0. The summed E-state index contributed by atoms with van der Waals surface area (Å²) in [4.78, 5) is 35.7. The Kier molecular flexibility index (Phi) is 5.86. The quantitative estimate of drug-likeness (QED) is 0.535. The molecule has 5 N–H and O–H groups in total. The third-order valence-corrected chi connectivity index (χ3v) is 5.28. The van der Waals surface area contributed by atoms with Crippen LogP contribution >= 0.6 is 12.4 Å². The third-order valence-electron chi connectivity index (χ3n) is 5.28. The number of hydrogen-bond acceptors (Lipinski definition) is 4. The molecule has 1 aliphatic carbocycles. The largest absolute Gasteiger partial charge is 0.368 e. The Morgan fingerprint density at radius 1 is 1.22 bits per heavy atom. The van der Waals surface area contributed by atoms with Crippen LogP contribution in [-0.2, 0) is 14.4 Å². The summed E-state index contributed by atoms with van der Waals surface area (Å²) in [6.45, 7) is 0.622. The summed E-state index contributed by atoms with van der Waals surface area (Å²) in [5.41, 5.74) is 5.41. The fourth-order valence-corrected chi connectivity index (χ4v) is 3.96. The van der Waals surface area contributed by atoms with Gasteiger partial charge in [0.1, 0.15) is 6.04 Å². The van der Waals surface area contributed by atoms with Gasteiger partial charge in [-0.25, -0.2) is 0 Å². The molecule has 1 saturated carbocycles. The maximum absolute atomic E-state index is 12.5. The van der Waals surface area contributed by atoms with Crippen LogP contribution in [0, 0.1) is 11.8 Å². The van der Waals surface area contributed by atoms with E-state index >= 15 is 0 Å². The summed E-state index contributed by atoms with van der Waals surface area (Å²) < 4.78 is 0. The minimum atomic E-state index is -0.774. The van der Waals surface area contributed by atoms with E-state index in [0.29, 0.717) is 24.9 Å². The highest BCUT2D eigenvalue weighted by atomic mass is 35.5. The molecule has 3 atom stereocenters. The number of hydrogen-bond donors (Lipinski definition) is 4. The van der Waals surface area contributed by atoms with Gasteiger partial charge in [0.15, 0.2) is 0 Å². The number of nitrogens with one attached hydrogen (secondary N) is 3. The van der Waals surface area contributed by atoms with Crippen molar-refractivity contribution in [3.8, 4) is 0 Å². The molecule has 0 unspecified atom stereocenters. The molecule has 4 aliphatic rings. The average molecular weight is 345 g/mol. The molecule has 3 saturated heterocycles. The van der Waals surface area contributed by atoms with Gasteiger partial charge >= 0.3 is 0 Å². The number of fused-ring (bicyclic) bond motifs is 3. The Bertz CT molecular complexity index is 479. The van der Waals surface area contributed by atoms with Crippen LogP contribution in [0.4, 0.5) is 0 Å². The first-order valence-corrected chi connectivity index (χ1v) is 8.18. The molecular weight excluding hydrogens is 320 g/mol. The van der Waals surface area contributed by atoms with E-state index in [1.54, 1.807) is 0 Å². The van der Waals surface area contributed by atoms with Crippen molar-refractivity contribution >= 4 is 30.1 Å². The van der Waals surface area contributed by atoms with Gasteiger partial charge < -0.3 is 21.7 Å². The van der Waals surface area contributed by atoms with E-state index in [0.717, 1.165) is 25.7 Å². The van der Waals surface area contributed by atoms with Gasteiger partial charge in [0, 0.05) is 18.5 Å². The Labute approximate surface area is 141 Å². The zero-order valence-electron chi connectivity index (χ0n) is 13.0. The first-order chi connectivity index (χ1) is 10.5. The topological polar surface area (TPSA) is 113 Å². The fourth-order valence-electron chi connectivity index (χ4n) is 3.96. The van der Waals surface area contributed by atoms with Gasteiger partial charge in [-0.15, -0.1) is 12.4 Å². The number of amides is 3. The predicted molar refractivity (Wildman–Crippen MR) is 86.8 cm³/mol. The smallest absolute Gasteiger partial charge is 0.240 e. The van der Waals surface area contributed by atoms with Crippen LogP contribution in [0.1, 0.15) is 38.5 Å². The molecule has 0 spiro atoms. The Balaban J connectivity index is 0.00000192. The molecule has 3 amide bonds. The van der Waals surface area contributed by atoms with Gasteiger partial charge in [-0.1, -0.05) is 0 Å². The summed E-state index contributed by atoms with van der Waals surface area (Å²) >= 11 is 0. The lowest BCUT2D eigenvalue weighted by Crippen LogP contribution is -2.61. The third kappa shape index (κ3) is 3.95. The van der Waals surface area contributed by atoms with Gasteiger partial charge in [-0.3, -0.25) is 14.4 Å². The Hall–Kier alpha value is -1.34. The van der Waals surface area contributed by atoms with Crippen molar-refractivity contribution in [3.63, 3.8) is 0 Å². The number of rotatable bonds is 5. The molecule has 23 heavy (non-hydrogen) atoms. The predicted octanol–water partition coefficient (Wildman–Crippen LogP) is -0.565. The van der Waals surface area contributed by atoms with Gasteiger partial charge in [0.25, 0.3) is 0 Å². The second-order valence-electron chi connectivity index (χ2n) is 6.73. The lowest BCUT2D eigenvalue weighted by molar-refractivity contribution is -0.132. The van der Waals surface area contributed by atoms with E-state index in [2.05, 4.69) is 16.0 Å². The number of carbonyl (C=O) groups is 3. The van der Waals surface area contributed by atoms with Crippen molar-refractivity contribution in [2.24, 2.45) is 17.6 Å². The molecule has 7 nitrogen and oxygen atoms in total. The summed E-state index contributed by atoms with van der Waals surface area (Å²) in [5, 5.41) is 8.85. The van der Waals surface area contributed by atoms with Gasteiger partial charge in [0.05, 0.1) is 6.04 Å². The Morgan fingerprint density at radius 3 is 2.39 bits per heavy atom. The van der Waals surface area contributed by atoms with Crippen LogP contribution in [0.15, 0.2) is 0 Å². The van der Waals surface area contributed by atoms with E-state index in [1.165, 1.54) is 0 Å². The van der Waals surface area contributed by atoms with E-state index in [1.807, 2.05) is 0 Å². The number of piperidine rings is 2. The molecule has 0 radical (unpaired) electrons. The highest BCUT2D eigenvalue weighted by molar-refractivity contribution is 5.90. The lowest BCUT2D eigenvalue weighted by Gasteiger charge is -2.42. The molecule has 0 aromatic carbocycles. The monoisotopic (exact) mass is 344 g/mol. The maximum atomic E-state index is 12.5. The van der Waals surface area contributed by atoms with Crippen molar-refractivity contribution in [1.29, 1.82) is 0 Å². The molecule has 0 aromatic heterocycles. The minimum absolute atomic E-state index is 0. The minimum Gasteiger partial charge on any atom is -0.368 e. The first-order valence-electron chi connectivity index (χ1n) is 8.18. The molecule has 3 aliphatic heterocycles. The van der Waals surface area contributed by atoms with Crippen molar-refractivity contribution < 1.29 is 14.4 Å². The molecule has 0 aromatic rings. The highest BCUT2D eigenvalue weighted by Gasteiger charge is 2.40. The van der Waals surface area contributed by atoms with Crippen molar-refractivity contribution in [2.45, 2.75) is 56.7 Å². The van der Waals surface area contributed by atoms with Crippen LogP contribution in [-0.4, -0.2) is 42.4 Å². The van der Waals surface area contributed by atoms with E-state index in [-0.39, 0.29) is 42.6 Å². The van der Waals surface area contributed by atoms with E-state index < -0.39 is 11.9 Å². The molecule has 4 fully saturated rings. The molecule has 2 bridgehead atoms. The lowest BCUT2D eigenvalue weighted by atomic mass is 9.76. The van der Waals surface area contributed by atoms with Crippen molar-refractivity contribution in [3.05, 3.63) is 0 Å². The van der Waals surface area contributed by atoms with Crippen molar-refractivity contribution in [1.82, 2.24) is 16.0 Å².